The molecule has 0 spiro atoms. The SMILES string of the molecule is CCOC(=O)c1sc(N2CC[C@@H](NC(=O)c3[nH]c(C)c(Cl)c3Cl)[C@@H](OCC)C2)nc1-c1cnc(N2CCN(CC)CC2)cn1. The van der Waals surface area contributed by atoms with E-state index in [4.69, 9.17) is 37.7 Å². The molecular formula is C29H38Cl2N8O4S. The number of esters is 1. The first-order valence-corrected chi connectivity index (χ1v) is 16.5. The van der Waals surface area contributed by atoms with Gasteiger partial charge in [-0.3, -0.25) is 4.79 Å². The summed E-state index contributed by atoms with van der Waals surface area (Å²) in [6.45, 7) is 14.1. The Morgan fingerprint density at radius 1 is 1.05 bits per heavy atom. The number of aromatic amines is 1. The number of halogens is 2. The number of carbonyl (C=O) groups excluding carboxylic acids is 2. The predicted molar refractivity (Wildman–Crippen MR) is 172 cm³/mol. The van der Waals surface area contributed by atoms with Crippen LogP contribution in [0.3, 0.4) is 0 Å². The Morgan fingerprint density at radius 3 is 2.43 bits per heavy atom. The average Bonchev–Trinajstić information content (AvgIpc) is 3.60. The lowest BCUT2D eigenvalue weighted by molar-refractivity contribution is 0.0272. The van der Waals surface area contributed by atoms with Gasteiger partial charge in [0.2, 0.25) is 0 Å². The predicted octanol–water partition coefficient (Wildman–Crippen LogP) is 4.28. The minimum Gasteiger partial charge on any atom is -0.462 e. The number of piperazine rings is 1. The summed E-state index contributed by atoms with van der Waals surface area (Å²) in [4.78, 5) is 50.3. The Labute approximate surface area is 271 Å². The number of amides is 1. The van der Waals surface area contributed by atoms with Gasteiger partial charge in [0, 0.05) is 51.6 Å². The summed E-state index contributed by atoms with van der Waals surface area (Å²) in [5.74, 6) is 0.0102. The van der Waals surface area contributed by atoms with E-state index in [1.807, 2.05) is 6.92 Å². The Hall–Kier alpha value is -2.97. The van der Waals surface area contributed by atoms with E-state index < -0.39 is 5.97 Å². The van der Waals surface area contributed by atoms with E-state index in [2.05, 4.69) is 41.9 Å². The molecule has 44 heavy (non-hydrogen) atoms. The normalized spacial score (nSPS) is 19.3. The van der Waals surface area contributed by atoms with E-state index in [9.17, 15) is 9.59 Å². The molecule has 2 aliphatic rings. The average molecular weight is 666 g/mol. The smallest absolute Gasteiger partial charge is 0.350 e. The Balaban J connectivity index is 1.34. The number of rotatable bonds is 10. The zero-order chi connectivity index (χ0) is 31.4. The summed E-state index contributed by atoms with van der Waals surface area (Å²) >= 11 is 13.7. The second-order valence-corrected chi connectivity index (χ2v) is 12.4. The van der Waals surface area contributed by atoms with Gasteiger partial charge in [-0.25, -0.2) is 19.7 Å². The molecule has 2 fully saturated rings. The van der Waals surface area contributed by atoms with Crippen LogP contribution >= 0.6 is 34.5 Å². The highest BCUT2D eigenvalue weighted by molar-refractivity contribution is 7.17. The van der Waals surface area contributed by atoms with E-state index >= 15 is 0 Å². The number of hydrogen-bond acceptors (Lipinski definition) is 11. The van der Waals surface area contributed by atoms with E-state index in [1.54, 1.807) is 26.2 Å². The third-order valence-corrected chi connectivity index (χ3v) is 9.95. The molecule has 5 heterocycles. The van der Waals surface area contributed by atoms with Gasteiger partial charge < -0.3 is 34.5 Å². The molecule has 0 aromatic carbocycles. The van der Waals surface area contributed by atoms with Crippen molar-refractivity contribution in [1.29, 1.82) is 0 Å². The molecule has 5 rings (SSSR count). The summed E-state index contributed by atoms with van der Waals surface area (Å²) in [6.07, 6.45) is 3.68. The molecule has 0 bridgehead atoms. The van der Waals surface area contributed by atoms with E-state index in [1.165, 1.54) is 11.3 Å². The molecule has 15 heteroatoms. The van der Waals surface area contributed by atoms with Crippen molar-refractivity contribution >= 4 is 57.4 Å². The van der Waals surface area contributed by atoms with Gasteiger partial charge in [0.05, 0.1) is 41.2 Å². The van der Waals surface area contributed by atoms with Crippen molar-refractivity contribution < 1.29 is 19.1 Å². The number of anilines is 2. The standard InChI is InChI=1S/C29H38Cl2N8O4S/c1-5-37-10-12-38(13-11-37)21-15-32-19(14-33-21)24-26(28(41)43-7-3)44-29(36-24)39-9-8-18(20(16-39)42-6-2)35-27(40)25-23(31)22(30)17(4)34-25/h14-15,18,20,34H,5-13,16H2,1-4H3,(H,35,40)/t18-,20+/m1/s1. The van der Waals surface area contributed by atoms with E-state index in [-0.39, 0.29) is 35.4 Å². The second kappa shape index (κ2) is 14.4. The number of carbonyl (C=O) groups is 2. The Kier molecular flexibility index (Phi) is 10.6. The lowest BCUT2D eigenvalue weighted by Gasteiger charge is -2.38. The first-order chi connectivity index (χ1) is 21.2. The van der Waals surface area contributed by atoms with Gasteiger partial charge in [-0.2, -0.15) is 0 Å². The molecular weight excluding hydrogens is 627 g/mol. The van der Waals surface area contributed by atoms with E-state index in [0.717, 1.165) is 38.5 Å². The molecule has 0 radical (unpaired) electrons. The summed E-state index contributed by atoms with van der Waals surface area (Å²) in [5.41, 5.74) is 1.80. The lowest BCUT2D eigenvalue weighted by Crippen LogP contribution is -2.55. The quantitative estimate of drug-likeness (QED) is 0.303. The number of likely N-dealkylation sites (N-methyl/N-ethyl adjacent to an activating group) is 1. The molecule has 3 aromatic rings. The van der Waals surface area contributed by atoms with Crippen molar-refractivity contribution in [3.63, 3.8) is 0 Å². The summed E-state index contributed by atoms with van der Waals surface area (Å²) in [5, 5.41) is 4.24. The molecule has 3 aromatic heterocycles. The maximum atomic E-state index is 13.1. The monoisotopic (exact) mass is 664 g/mol. The van der Waals surface area contributed by atoms with Crippen LogP contribution in [-0.4, -0.2) is 108 Å². The molecule has 0 aliphatic carbocycles. The van der Waals surface area contributed by atoms with Crippen molar-refractivity contribution in [2.45, 2.75) is 46.3 Å². The number of thiazole rings is 1. The number of ether oxygens (including phenoxy) is 2. The van der Waals surface area contributed by atoms with E-state index in [0.29, 0.717) is 58.2 Å². The van der Waals surface area contributed by atoms with Crippen molar-refractivity contribution in [3.8, 4) is 11.4 Å². The molecule has 0 unspecified atom stereocenters. The van der Waals surface area contributed by atoms with Crippen molar-refractivity contribution in [1.82, 2.24) is 30.2 Å². The number of nitrogens with one attached hydrogen (secondary N) is 2. The highest BCUT2D eigenvalue weighted by atomic mass is 35.5. The van der Waals surface area contributed by atoms with Crippen molar-refractivity contribution in [2.24, 2.45) is 0 Å². The molecule has 12 nitrogen and oxygen atoms in total. The summed E-state index contributed by atoms with van der Waals surface area (Å²) in [7, 11) is 0. The van der Waals surface area contributed by atoms with Gasteiger partial charge in [-0.05, 0) is 33.7 Å². The van der Waals surface area contributed by atoms with Gasteiger partial charge in [0.15, 0.2) is 5.13 Å². The number of hydrogen-bond donors (Lipinski definition) is 2. The van der Waals surface area contributed by atoms with Crippen LogP contribution in [0.5, 0.6) is 0 Å². The minimum atomic E-state index is -0.451. The minimum absolute atomic E-state index is 0.198. The summed E-state index contributed by atoms with van der Waals surface area (Å²) < 4.78 is 11.4. The fraction of sp³-hybridized carbons (Fsp3) is 0.552. The highest BCUT2D eigenvalue weighted by Gasteiger charge is 2.35. The van der Waals surface area contributed by atoms with Crippen LogP contribution in [-0.2, 0) is 9.47 Å². The number of aromatic nitrogens is 4. The first kappa shape index (κ1) is 32.4. The van der Waals surface area contributed by atoms with Crippen LogP contribution in [0.1, 0.15) is 53.0 Å². The van der Waals surface area contributed by atoms with Gasteiger partial charge >= 0.3 is 5.97 Å². The van der Waals surface area contributed by atoms with Crippen LogP contribution in [0.15, 0.2) is 12.4 Å². The number of nitrogens with zero attached hydrogens (tertiary/aromatic N) is 6. The maximum absolute atomic E-state index is 13.1. The third kappa shape index (κ3) is 6.96. The summed E-state index contributed by atoms with van der Waals surface area (Å²) in [6, 6.07) is -0.265. The molecule has 1 amide bonds. The fourth-order valence-corrected chi connectivity index (χ4v) is 6.88. The zero-order valence-electron chi connectivity index (χ0n) is 25.4. The largest absolute Gasteiger partial charge is 0.462 e. The second-order valence-electron chi connectivity index (χ2n) is 10.6. The lowest BCUT2D eigenvalue weighted by atomic mass is 10.0. The molecule has 0 saturated carbocycles. The van der Waals surface area contributed by atoms with Crippen LogP contribution in [0.2, 0.25) is 10.0 Å². The molecule has 2 atom stereocenters. The molecule has 238 valence electrons. The first-order valence-electron chi connectivity index (χ1n) is 14.9. The Bertz CT molecular complexity index is 1460. The molecule has 2 aliphatic heterocycles. The van der Waals surface area contributed by atoms with Gasteiger partial charge in [0.1, 0.15) is 27.8 Å². The highest BCUT2D eigenvalue weighted by Crippen LogP contribution is 2.35. The van der Waals surface area contributed by atoms with Gasteiger partial charge in [-0.15, -0.1) is 0 Å². The van der Waals surface area contributed by atoms with Crippen LogP contribution < -0.4 is 15.1 Å². The molecule has 2 N–H and O–H groups in total. The molecule has 2 saturated heterocycles. The number of H-pyrrole nitrogens is 1. The van der Waals surface area contributed by atoms with Crippen molar-refractivity contribution in [2.75, 3.05) is 68.8 Å². The van der Waals surface area contributed by atoms with Crippen molar-refractivity contribution in [3.05, 3.63) is 38.7 Å². The number of piperidine rings is 1. The zero-order valence-corrected chi connectivity index (χ0v) is 27.7. The third-order valence-electron chi connectivity index (χ3n) is 7.91. The number of aryl methyl sites for hydroxylation is 1. The van der Waals surface area contributed by atoms with Crippen LogP contribution in [0.25, 0.3) is 11.4 Å². The Morgan fingerprint density at radius 2 is 1.82 bits per heavy atom. The fourth-order valence-electron chi connectivity index (χ4n) is 5.46. The maximum Gasteiger partial charge on any atom is 0.350 e. The van der Waals surface area contributed by atoms with Crippen LogP contribution in [0, 0.1) is 6.92 Å². The van der Waals surface area contributed by atoms with Gasteiger partial charge in [-0.1, -0.05) is 41.5 Å². The van der Waals surface area contributed by atoms with Crippen LogP contribution in [0.4, 0.5) is 10.9 Å². The topological polar surface area (TPSA) is 129 Å². The van der Waals surface area contributed by atoms with Gasteiger partial charge in [0.25, 0.3) is 5.91 Å².